The summed E-state index contributed by atoms with van der Waals surface area (Å²) in [4.78, 5) is 16.3. The van der Waals surface area contributed by atoms with Crippen LogP contribution in [0.2, 0.25) is 0 Å². The monoisotopic (exact) mass is 384 g/mol. The molecule has 3 rings (SSSR count). The number of aliphatic hydroxyl groups is 1. The average molecular weight is 384 g/mol. The maximum atomic E-state index is 12.6. The molecule has 0 radical (unpaired) electrons. The number of amides is 1. The van der Waals surface area contributed by atoms with Gasteiger partial charge in [0.15, 0.2) is 0 Å². The third-order valence-corrected chi connectivity index (χ3v) is 5.24. The van der Waals surface area contributed by atoms with Gasteiger partial charge in [0.2, 0.25) is 0 Å². The Morgan fingerprint density at radius 1 is 1.18 bits per heavy atom. The molecule has 1 N–H and O–H groups in total. The predicted molar refractivity (Wildman–Crippen MR) is 108 cm³/mol. The van der Waals surface area contributed by atoms with E-state index in [4.69, 9.17) is 9.47 Å². The molecule has 0 bridgehead atoms. The van der Waals surface area contributed by atoms with E-state index in [-0.39, 0.29) is 12.0 Å². The predicted octanol–water partition coefficient (Wildman–Crippen LogP) is 2.97. The first-order valence-corrected chi connectivity index (χ1v) is 9.46. The third-order valence-electron chi connectivity index (χ3n) is 5.24. The highest BCUT2D eigenvalue weighted by Gasteiger charge is 2.44. The highest BCUT2D eigenvalue weighted by Crippen LogP contribution is 2.39. The lowest BCUT2D eigenvalue weighted by atomic mass is 9.75. The molecule has 6 heteroatoms. The Morgan fingerprint density at radius 3 is 2.57 bits per heavy atom. The molecule has 150 valence electrons. The second-order valence-corrected chi connectivity index (χ2v) is 7.49. The Kier molecular flexibility index (Phi) is 6.21. The zero-order valence-electron chi connectivity index (χ0n) is 16.7. The number of benzene rings is 2. The summed E-state index contributed by atoms with van der Waals surface area (Å²) < 4.78 is 10.8. The van der Waals surface area contributed by atoms with Crippen molar-refractivity contribution in [3.8, 4) is 11.5 Å². The Hall–Kier alpha value is -2.57. The maximum absolute atomic E-state index is 12.6. The molecule has 2 aromatic carbocycles. The fraction of sp³-hybridized carbons (Fsp3) is 0.409. The largest absolute Gasteiger partial charge is 0.497 e. The zero-order chi connectivity index (χ0) is 20.1. The number of likely N-dealkylation sites (tertiary alicyclic amines) is 1. The van der Waals surface area contributed by atoms with E-state index in [1.807, 2.05) is 61.5 Å². The zero-order valence-corrected chi connectivity index (χ0v) is 16.7. The fourth-order valence-corrected chi connectivity index (χ4v) is 3.76. The number of nitrogens with zero attached hydrogens (tertiary/aromatic N) is 2. The van der Waals surface area contributed by atoms with Crippen LogP contribution in [0.4, 0.5) is 4.79 Å². The second-order valence-electron chi connectivity index (χ2n) is 7.49. The van der Waals surface area contributed by atoms with Crippen molar-refractivity contribution in [2.45, 2.75) is 12.0 Å². The van der Waals surface area contributed by atoms with Gasteiger partial charge in [0.05, 0.1) is 12.7 Å². The van der Waals surface area contributed by atoms with E-state index < -0.39 is 5.60 Å². The molecule has 1 fully saturated rings. The second kappa shape index (κ2) is 8.63. The van der Waals surface area contributed by atoms with Gasteiger partial charge in [-0.2, -0.15) is 0 Å². The normalized spacial score (nSPS) is 22.2. The van der Waals surface area contributed by atoms with Crippen molar-refractivity contribution in [1.82, 2.24) is 9.80 Å². The molecule has 2 unspecified atom stereocenters. The van der Waals surface area contributed by atoms with Crippen LogP contribution >= 0.6 is 0 Å². The van der Waals surface area contributed by atoms with Gasteiger partial charge < -0.3 is 24.4 Å². The molecular formula is C22H28N2O4. The molecule has 1 saturated heterocycles. The van der Waals surface area contributed by atoms with Crippen LogP contribution in [0.1, 0.15) is 12.0 Å². The van der Waals surface area contributed by atoms with Gasteiger partial charge in [0.25, 0.3) is 0 Å². The number of hydrogen-bond donors (Lipinski definition) is 1. The lowest BCUT2D eigenvalue weighted by Gasteiger charge is -2.45. The number of ether oxygens (including phenoxy) is 2. The highest BCUT2D eigenvalue weighted by molar-refractivity contribution is 5.71. The van der Waals surface area contributed by atoms with Gasteiger partial charge >= 0.3 is 6.09 Å². The molecule has 0 aromatic heterocycles. The molecule has 2 aromatic rings. The summed E-state index contributed by atoms with van der Waals surface area (Å²) >= 11 is 0. The molecule has 1 heterocycles. The molecule has 2 atom stereocenters. The third kappa shape index (κ3) is 4.46. The number of rotatable bonds is 5. The minimum Gasteiger partial charge on any atom is -0.497 e. The number of hydrogen-bond acceptors (Lipinski definition) is 5. The van der Waals surface area contributed by atoms with Crippen LogP contribution in [0.3, 0.4) is 0 Å². The minimum atomic E-state index is -1.04. The summed E-state index contributed by atoms with van der Waals surface area (Å²) in [6, 6.07) is 16.6. The van der Waals surface area contributed by atoms with Crippen molar-refractivity contribution in [3.63, 3.8) is 0 Å². The molecule has 0 spiro atoms. The first kappa shape index (κ1) is 20.2. The van der Waals surface area contributed by atoms with E-state index in [1.54, 1.807) is 24.1 Å². The molecule has 1 aliphatic heterocycles. The van der Waals surface area contributed by atoms with E-state index in [1.165, 1.54) is 0 Å². The Balaban J connectivity index is 1.80. The minimum absolute atomic E-state index is 0.160. The van der Waals surface area contributed by atoms with Crippen LogP contribution in [0.5, 0.6) is 11.5 Å². The van der Waals surface area contributed by atoms with Crippen molar-refractivity contribution in [1.29, 1.82) is 0 Å². The number of piperidine rings is 1. The summed E-state index contributed by atoms with van der Waals surface area (Å²) in [6.07, 6.45) is 0.0467. The van der Waals surface area contributed by atoms with Crippen LogP contribution in [0.15, 0.2) is 54.6 Å². The van der Waals surface area contributed by atoms with E-state index in [0.29, 0.717) is 37.6 Å². The first-order chi connectivity index (χ1) is 13.4. The number of para-hydroxylation sites is 1. The molecule has 28 heavy (non-hydrogen) atoms. The Labute approximate surface area is 166 Å². The van der Waals surface area contributed by atoms with Crippen LogP contribution in [0.25, 0.3) is 0 Å². The van der Waals surface area contributed by atoms with Gasteiger partial charge in [0.1, 0.15) is 11.5 Å². The van der Waals surface area contributed by atoms with Crippen LogP contribution in [-0.2, 0) is 5.60 Å². The van der Waals surface area contributed by atoms with Gasteiger partial charge in [-0.3, -0.25) is 0 Å². The van der Waals surface area contributed by atoms with E-state index in [0.717, 1.165) is 5.56 Å². The van der Waals surface area contributed by atoms with Crippen molar-refractivity contribution in [2.75, 3.05) is 40.8 Å². The Morgan fingerprint density at radius 2 is 1.89 bits per heavy atom. The van der Waals surface area contributed by atoms with Crippen molar-refractivity contribution < 1.29 is 19.4 Å². The van der Waals surface area contributed by atoms with Crippen molar-refractivity contribution >= 4 is 6.09 Å². The SMILES string of the molecule is COc1cccc(C2(O)CCN(C(=O)Oc3ccccc3)CC2CN(C)C)c1. The Bertz CT molecular complexity index is 796. The molecular weight excluding hydrogens is 356 g/mol. The summed E-state index contributed by atoms with van der Waals surface area (Å²) in [7, 11) is 5.54. The molecule has 1 aliphatic rings. The van der Waals surface area contributed by atoms with Gasteiger partial charge in [-0.25, -0.2) is 4.79 Å². The summed E-state index contributed by atoms with van der Waals surface area (Å²) in [5.41, 5.74) is -0.225. The van der Waals surface area contributed by atoms with Gasteiger partial charge in [-0.1, -0.05) is 30.3 Å². The highest BCUT2D eigenvalue weighted by atomic mass is 16.6. The standard InChI is InChI=1S/C22H28N2O4/c1-23(2)15-18-16-24(21(25)28-19-9-5-4-6-10-19)13-12-22(18,26)17-8-7-11-20(14-17)27-3/h4-11,14,18,26H,12-13,15-16H2,1-3H3. The number of carbonyl (C=O) groups excluding carboxylic acids is 1. The quantitative estimate of drug-likeness (QED) is 0.859. The van der Waals surface area contributed by atoms with Gasteiger partial charge in [-0.05, 0) is 50.3 Å². The first-order valence-electron chi connectivity index (χ1n) is 9.46. The maximum Gasteiger partial charge on any atom is 0.415 e. The smallest absolute Gasteiger partial charge is 0.415 e. The summed E-state index contributed by atoms with van der Waals surface area (Å²) in [5, 5.41) is 11.6. The topological polar surface area (TPSA) is 62.2 Å². The molecule has 0 aliphatic carbocycles. The summed E-state index contributed by atoms with van der Waals surface area (Å²) in [5.74, 6) is 1.07. The van der Waals surface area contributed by atoms with Gasteiger partial charge in [0, 0.05) is 25.6 Å². The van der Waals surface area contributed by atoms with Gasteiger partial charge in [-0.15, -0.1) is 0 Å². The van der Waals surface area contributed by atoms with E-state index >= 15 is 0 Å². The number of carbonyl (C=O) groups is 1. The van der Waals surface area contributed by atoms with Crippen molar-refractivity contribution in [3.05, 3.63) is 60.2 Å². The van der Waals surface area contributed by atoms with Crippen LogP contribution in [0, 0.1) is 5.92 Å². The van der Waals surface area contributed by atoms with Crippen LogP contribution in [-0.4, -0.2) is 61.8 Å². The van der Waals surface area contributed by atoms with E-state index in [2.05, 4.69) is 0 Å². The molecule has 0 saturated carbocycles. The lowest BCUT2D eigenvalue weighted by Crippen LogP contribution is -2.55. The average Bonchev–Trinajstić information content (AvgIpc) is 2.70. The number of methoxy groups -OCH3 is 1. The summed E-state index contributed by atoms with van der Waals surface area (Å²) in [6.45, 7) is 1.48. The van der Waals surface area contributed by atoms with E-state index in [9.17, 15) is 9.90 Å². The van der Waals surface area contributed by atoms with Crippen LogP contribution < -0.4 is 9.47 Å². The lowest BCUT2D eigenvalue weighted by molar-refractivity contribution is -0.0784. The fourth-order valence-electron chi connectivity index (χ4n) is 3.76. The van der Waals surface area contributed by atoms with Crippen molar-refractivity contribution in [2.24, 2.45) is 5.92 Å². The molecule has 6 nitrogen and oxygen atoms in total. The molecule has 1 amide bonds.